The second-order valence-electron chi connectivity index (χ2n) is 3.29. The number of hydrogen-bond acceptors (Lipinski definition) is 4. The van der Waals surface area contributed by atoms with Gasteiger partial charge in [0.1, 0.15) is 28.8 Å². The maximum absolute atomic E-state index is 13.6. The molecule has 2 aromatic rings. The molecule has 94 valence electrons. The quantitative estimate of drug-likeness (QED) is 0.825. The lowest BCUT2D eigenvalue weighted by Gasteiger charge is -2.09. The number of nitrogens with two attached hydrogens (primary N) is 1. The average Bonchev–Trinajstić information content (AvgIpc) is 2.32. The predicted molar refractivity (Wildman–Crippen MR) is 68.8 cm³/mol. The van der Waals surface area contributed by atoms with Gasteiger partial charge >= 0.3 is 0 Å². The van der Waals surface area contributed by atoms with Crippen LogP contribution in [-0.2, 0) is 0 Å². The summed E-state index contributed by atoms with van der Waals surface area (Å²) in [6.45, 7) is 0. The summed E-state index contributed by atoms with van der Waals surface area (Å²) < 4.78 is 26.9. The highest BCUT2D eigenvalue weighted by molar-refractivity contribution is 9.10. The molecule has 4 nitrogen and oxygen atoms in total. The van der Waals surface area contributed by atoms with Gasteiger partial charge in [0.25, 0.3) is 0 Å². The molecule has 0 aliphatic rings. The molecule has 0 atom stereocenters. The molecule has 0 bridgehead atoms. The summed E-state index contributed by atoms with van der Waals surface area (Å²) in [7, 11) is 0. The lowest BCUT2D eigenvalue weighted by molar-refractivity contribution is 0.597. The zero-order valence-corrected chi connectivity index (χ0v) is 11.1. The van der Waals surface area contributed by atoms with Gasteiger partial charge in [-0.15, -0.1) is 0 Å². The first-order chi connectivity index (χ1) is 8.49. The van der Waals surface area contributed by atoms with E-state index in [1.807, 2.05) is 0 Å². The van der Waals surface area contributed by atoms with Crippen molar-refractivity contribution in [3.8, 4) is 0 Å². The van der Waals surface area contributed by atoms with Crippen LogP contribution in [0.1, 0.15) is 0 Å². The molecular formula is C10H6BrClF2N4. The minimum absolute atomic E-state index is 0.0267. The Bertz CT molecular complexity index is 609. The number of anilines is 3. The van der Waals surface area contributed by atoms with Gasteiger partial charge in [-0.05, 0) is 22.0 Å². The fourth-order valence-corrected chi connectivity index (χ4v) is 1.68. The number of rotatable bonds is 2. The number of nitrogens with one attached hydrogen (secondary N) is 1. The van der Waals surface area contributed by atoms with Crippen molar-refractivity contribution in [1.82, 2.24) is 9.97 Å². The summed E-state index contributed by atoms with van der Waals surface area (Å²) in [5, 5.41) is 2.59. The second kappa shape index (κ2) is 5.03. The first-order valence-corrected chi connectivity index (χ1v) is 5.83. The number of nitrogen functional groups attached to an aromatic ring is 1. The van der Waals surface area contributed by atoms with Crippen LogP contribution < -0.4 is 11.1 Å². The van der Waals surface area contributed by atoms with Gasteiger partial charge in [0.05, 0.1) is 10.2 Å². The molecule has 3 N–H and O–H groups in total. The van der Waals surface area contributed by atoms with Gasteiger partial charge in [-0.25, -0.2) is 18.7 Å². The lowest BCUT2D eigenvalue weighted by Crippen LogP contribution is -2.01. The monoisotopic (exact) mass is 334 g/mol. The Balaban J connectivity index is 2.40. The third-order valence-corrected chi connectivity index (χ3v) is 3.06. The van der Waals surface area contributed by atoms with Crippen LogP contribution in [0.15, 0.2) is 22.9 Å². The molecule has 1 aromatic heterocycles. The normalized spacial score (nSPS) is 10.4. The SMILES string of the molecule is Nc1ncnc(Nc2cc(F)c(Br)cc2F)c1Cl. The molecular weight excluding hydrogens is 329 g/mol. The minimum atomic E-state index is -0.656. The molecule has 18 heavy (non-hydrogen) atoms. The smallest absolute Gasteiger partial charge is 0.154 e. The number of hydrogen-bond donors (Lipinski definition) is 2. The van der Waals surface area contributed by atoms with Crippen LogP contribution in [0.3, 0.4) is 0 Å². The molecule has 8 heteroatoms. The van der Waals surface area contributed by atoms with E-state index < -0.39 is 11.6 Å². The van der Waals surface area contributed by atoms with Crippen LogP contribution in [0, 0.1) is 11.6 Å². The molecule has 0 fully saturated rings. The summed E-state index contributed by atoms with van der Waals surface area (Å²) in [4.78, 5) is 7.45. The number of benzene rings is 1. The topological polar surface area (TPSA) is 63.8 Å². The predicted octanol–water partition coefficient (Wildman–Crippen LogP) is 3.50. The van der Waals surface area contributed by atoms with Gasteiger partial charge in [-0.1, -0.05) is 11.6 Å². The van der Waals surface area contributed by atoms with E-state index in [-0.39, 0.29) is 26.8 Å². The number of halogens is 4. The Morgan fingerprint density at radius 1 is 1.22 bits per heavy atom. The molecule has 1 heterocycles. The fourth-order valence-electron chi connectivity index (χ4n) is 1.22. The molecule has 0 aliphatic carbocycles. The highest BCUT2D eigenvalue weighted by Gasteiger charge is 2.12. The molecule has 0 saturated carbocycles. The standard InChI is InChI=1S/C10H6BrClF2N4/c11-4-1-6(14)7(2-5(4)13)18-10-8(12)9(15)16-3-17-10/h1-3H,(H3,15,16,17,18). The molecule has 0 aliphatic heterocycles. The van der Waals surface area contributed by atoms with Crippen molar-refractivity contribution in [2.24, 2.45) is 0 Å². The van der Waals surface area contributed by atoms with E-state index in [9.17, 15) is 8.78 Å². The van der Waals surface area contributed by atoms with Crippen molar-refractivity contribution >= 4 is 44.9 Å². The molecule has 0 saturated heterocycles. The van der Waals surface area contributed by atoms with Crippen molar-refractivity contribution < 1.29 is 8.78 Å². The Kier molecular flexibility index (Phi) is 3.63. The molecule has 2 rings (SSSR count). The van der Waals surface area contributed by atoms with E-state index in [2.05, 4.69) is 31.2 Å². The zero-order valence-electron chi connectivity index (χ0n) is 8.72. The zero-order chi connectivity index (χ0) is 13.3. The molecule has 0 radical (unpaired) electrons. The van der Waals surface area contributed by atoms with E-state index in [0.717, 1.165) is 18.5 Å². The maximum Gasteiger partial charge on any atom is 0.154 e. The third kappa shape index (κ3) is 2.51. The van der Waals surface area contributed by atoms with Crippen LogP contribution in [0.2, 0.25) is 5.02 Å². The van der Waals surface area contributed by atoms with Crippen molar-refractivity contribution in [1.29, 1.82) is 0 Å². The van der Waals surface area contributed by atoms with Crippen molar-refractivity contribution in [2.45, 2.75) is 0 Å². The van der Waals surface area contributed by atoms with Gasteiger partial charge in [0, 0.05) is 6.07 Å². The Morgan fingerprint density at radius 2 is 1.94 bits per heavy atom. The second-order valence-corrected chi connectivity index (χ2v) is 4.52. The Labute approximate surface area is 114 Å². The molecule has 1 aromatic carbocycles. The average molecular weight is 336 g/mol. The van der Waals surface area contributed by atoms with E-state index in [0.29, 0.717) is 0 Å². The first kappa shape index (κ1) is 13.0. The van der Waals surface area contributed by atoms with Crippen molar-refractivity contribution in [3.05, 3.63) is 39.6 Å². The van der Waals surface area contributed by atoms with Crippen molar-refractivity contribution in [2.75, 3.05) is 11.1 Å². The van der Waals surface area contributed by atoms with Crippen LogP contribution >= 0.6 is 27.5 Å². The third-order valence-electron chi connectivity index (χ3n) is 2.08. The minimum Gasteiger partial charge on any atom is -0.382 e. The number of aromatic nitrogens is 2. The highest BCUT2D eigenvalue weighted by Crippen LogP contribution is 2.29. The fraction of sp³-hybridized carbons (Fsp3) is 0. The van der Waals surface area contributed by atoms with Crippen LogP contribution in [0.25, 0.3) is 0 Å². The highest BCUT2D eigenvalue weighted by atomic mass is 79.9. The van der Waals surface area contributed by atoms with Crippen LogP contribution in [0.4, 0.5) is 26.1 Å². The number of nitrogens with zero attached hydrogens (tertiary/aromatic N) is 2. The maximum atomic E-state index is 13.6. The largest absolute Gasteiger partial charge is 0.382 e. The first-order valence-electron chi connectivity index (χ1n) is 4.66. The van der Waals surface area contributed by atoms with E-state index in [4.69, 9.17) is 17.3 Å². The van der Waals surface area contributed by atoms with Crippen LogP contribution in [-0.4, -0.2) is 9.97 Å². The van der Waals surface area contributed by atoms with Crippen LogP contribution in [0.5, 0.6) is 0 Å². The van der Waals surface area contributed by atoms with Gasteiger partial charge < -0.3 is 11.1 Å². The molecule has 0 amide bonds. The van der Waals surface area contributed by atoms with E-state index >= 15 is 0 Å². The Hall–Kier alpha value is -1.47. The van der Waals surface area contributed by atoms with Gasteiger partial charge in [-0.2, -0.15) is 0 Å². The van der Waals surface area contributed by atoms with Gasteiger partial charge in [0.15, 0.2) is 5.82 Å². The summed E-state index contributed by atoms with van der Waals surface area (Å²) >= 11 is 8.71. The molecule has 0 unspecified atom stereocenters. The Morgan fingerprint density at radius 3 is 2.67 bits per heavy atom. The summed E-state index contributed by atoms with van der Waals surface area (Å²) in [5.74, 6) is -1.12. The van der Waals surface area contributed by atoms with Crippen molar-refractivity contribution in [3.63, 3.8) is 0 Å². The molecule has 0 spiro atoms. The summed E-state index contributed by atoms with van der Waals surface area (Å²) in [5.41, 5.74) is 5.37. The van der Waals surface area contributed by atoms with E-state index in [1.54, 1.807) is 0 Å². The summed E-state index contributed by atoms with van der Waals surface area (Å²) in [6.07, 6.45) is 1.16. The lowest BCUT2D eigenvalue weighted by atomic mass is 10.3. The van der Waals surface area contributed by atoms with Gasteiger partial charge in [0.2, 0.25) is 0 Å². The van der Waals surface area contributed by atoms with Gasteiger partial charge in [-0.3, -0.25) is 0 Å². The summed E-state index contributed by atoms with van der Waals surface area (Å²) in [6, 6.07) is 1.98. The van der Waals surface area contributed by atoms with E-state index in [1.165, 1.54) is 0 Å².